The van der Waals surface area contributed by atoms with E-state index in [2.05, 4.69) is 23.8 Å². The van der Waals surface area contributed by atoms with Crippen LogP contribution >= 0.6 is 0 Å². The Hall–Kier alpha value is -1.12. The van der Waals surface area contributed by atoms with Crippen molar-refractivity contribution in [3.05, 3.63) is 12.2 Å². The van der Waals surface area contributed by atoms with Crippen LogP contribution in [0.15, 0.2) is 12.2 Å². The van der Waals surface area contributed by atoms with Crippen molar-refractivity contribution in [1.82, 2.24) is 0 Å². The molecular formula is C20H34O3. The van der Waals surface area contributed by atoms with Crippen LogP contribution in [0.25, 0.3) is 0 Å². The van der Waals surface area contributed by atoms with Crippen LogP contribution in [0.3, 0.4) is 0 Å². The van der Waals surface area contributed by atoms with Crippen LogP contribution in [0.5, 0.6) is 0 Å². The number of allylic oxidation sites excluding steroid dienone is 2. The Bertz CT molecular complexity index is 360. The first-order valence-electron chi connectivity index (χ1n) is 9.63. The minimum Gasteiger partial charge on any atom is -0.393 e. The molecule has 1 heterocycles. The van der Waals surface area contributed by atoms with Crippen LogP contribution in [0, 0.1) is 5.92 Å². The van der Waals surface area contributed by atoms with Gasteiger partial charge in [-0.2, -0.15) is 0 Å². The van der Waals surface area contributed by atoms with Crippen molar-refractivity contribution in [1.29, 1.82) is 0 Å². The van der Waals surface area contributed by atoms with E-state index in [1.807, 2.05) is 0 Å². The molecule has 0 N–H and O–H groups in total. The van der Waals surface area contributed by atoms with Gasteiger partial charge in [0.05, 0.1) is 12.3 Å². The molecule has 132 valence electrons. The molecule has 0 aromatic rings. The molecule has 0 aromatic heterocycles. The number of carbonyl (C=O) groups excluding carboxylic acids is 2. The summed E-state index contributed by atoms with van der Waals surface area (Å²) in [7, 11) is 0. The summed E-state index contributed by atoms with van der Waals surface area (Å²) in [5, 5.41) is 0. The number of rotatable bonds is 14. The lowest BCUT2D eigenvalue weighted by molar-refractivity contribution is -0.153. The Morgan fingerprint density at radius 3 is 2.00 bits per heavy atom. The minimum absolute atomic E-state index is 0.187. The highest BCUT2D eigenvalue weighted by atomic mass is 16.6. The molecule has 0 aliphatic carbocycles. The summed E-state index contributed by atoms with van der Waals surface area (Å²) in [5.74, 6) is -0.872. The largest absolute Gasteiger partial charge is 0.393 e. The summed E-state index contributed by atoms with van der Waals surface area (Å²) in [6.07, 6.45) is 21.0. The van der Waals surface area contributed by atoms with E-state index in [-0.39, 0.29) is 24.3 Å². The third-order valence-corrected chi connectivity index (χ3v) is 4.53. The monoisotopic (exact) mass is 322 g/mol. The molecule has 0 saturated carbocycles. The quantitative estimate of drug-likeness (QED) is 0.178. The average molecular weight is 322 g/mol. The second-order valence-electron chi connectivity index (χ2n) is 6.71. The van der Waals surface area contributed by atoms with Gasteiger partial charge < -0.3 is 4.74 Å². The van der Waals surface area contributed by atoms with Gasteiger partial charge in [-0.25, -0.2) is 0 Å². The molecule has 3 nitrogen and oxygen atoms in total. The van der Waals surface area contributed by atoms with Crippen molar-refractivity contribution in [3.8, 4) is 0 Å². The van der Waals surface area contributed by atoms with Gasteiger partial charge in [-0.1, -0.05) is 70.4 Å². The first-order valence-corrected chi connectivity index (χ1v) is 9.63. The van der Waals surface area contributed by atoms with Gasteiger partial charge in [-0.15, -0.1) is 0 Å². The second kappa shape index (κ2) is 13.3. The Labute approximate surface area is 141 Å². The summed E-state index contributed by atoms with van der Waals surface area (Å²) >= 11 is 0. The summed E-state index contributed by atoms with van der Waals surface area (Å²) in [5.41, 5.74) is 0. The van der Waals surface area contributed by atoms with Crippen LogP contribution in [0.4, 0.5) is 0 Å². The van der Waals surface area contributed by atoms with E-state index in [1.165, 1.54) is 64.2 Å². The smallest absolute Gasteiger partial charge is 0.317 e. The maximum atomic E-state index is 11.3. The zero-order valence-corrected chi connectivity index (χ0v) is 14.9. The number of esters is 2. The van der Waals surface area contributed by atoms with E-state index < -0.39 is 0 Å². The van der Waals surface area contributed by atoms with Crippen LogP contribution in [-0.4, -0.2) is 11.9 Å². The third-order valence-electron chi connectivity index (χ3n) is 4.53. The molecule has 1 rings (SSSR count). The van der Waals surface area contributed by atoms with Gasteiger partial charge in [0.15, 0.2) is 0 Å². The van der Waals surface area contributed by atoms with Crippen molar-refractivity contribution in [3.63, 3.8) is 0 Å². The highest BCUT2D eigenvalue weighted by Crippen LogP contribution is 2.21. The highest BCUT2D eigenvalue weighted by Gasteiger charge is 2.32. The van der Waals surface area contributed by atoms with E-state index in [9.17, 15) is 9.59 Å². The van der Waals surface area contributed by atoms with Gasteiger partial charge in [0.2, 0.25) is 0 Å². The number of unbranched alkanes of at least 4 members (excludes halogenated alkanes) is 10. The molecule has 1 aliphatic rings. The Morgan fingerprint density at radius 2 is 1.43 bits per heavy atom. The molecule has 0 spiro atoms. The fourth-order valence-electron chi connectivity index (χ4n) is 3.03. The van der Waals surface area contributed by atoms with E-state index >= 15 is 0 Å². The minimum atomic E-state index is -0.360. The molecule has 0 amide bonds. The Morgan fingerprint density at radius 1 is 0.870 bits per heavy atom. The molecule has 0 aromatic carbocycles. The lowest BCUT2D eigenvalue weighted by atomic mass is 10.0. The first-order chi connectivity index (χ1) is 11.2. The lowest BCUT2D eigenvalue weighted by Gasteiger charge is -2.02. The van der Waals surface area contributed by atoms with Crippen LogP contribution in [-0.2, 0) is 14.3 Å². The summed E-state index contributed by atoms with van der Waals surface area (Å²) < 4.78 is 4.55. The van der Waals surface area contributed by atoms with Gasteiger partial charge in [0.25, 0.3) is 0 Å². The van der Waals surface area contributed by atoms with Gasteiger partial charge >= 0.3 is 11.9 Å². The van der Waals surface area contributed by atoms with Crippen LogP contribution in [0.2, 0.25) is 0 Å². The predicted octanol–water partition coefficient (Wildman–Crippen LogP) is 5.72. The van der Waals surface area contributed by atoms with E-state index in [1.54, 1.807) is 0 Å². The standard InChI is InChI=1S/C20H34O3/c1-2-3-4-5-6-7-8-9-10-11-12-13-14-15-16-18-17-19(21)23-20(18)22/h12-13,18H,2-11,14-17H2,1H3. The molecule has 23 heavy (non-hydrogen) atoms. The SMILES string of the molecule is CCCCCCCCCCCC=CCCCC1CC(=O)OC1=O. The predicted molar refractivity (Wildman–Crippen MR) is 94.0 cm³/mol. The number of hydrogen-bond donors (Lipinski definition) is 0. The average Bonchev–Trinajstić information content (AvgIpc) is 2.85. The molecule has 0 radical (unpaired) electrons. The van der Waals surface area contributed by atoms with Crippen LogP contribution in [0.1, 0.15) is 96.8 Å². The molecule has 1 aliphatic heterocycles. The highest BCUT2D eigenvalue weighted by molar-refractivity contribution is 5.94. The molecule has 0 bridgehead atoms. The van der Waals surface area contributed by atoms with Gasteiger partial charge in [0.1, 0.15) is 0 Å². The van der Waals surface area contributed by atoms with Crippen molar-refractivity contribution < 1.29 is 14.3 Å². The van der Waals surface area contributed by atoms with E-state index in [0.717, 1.165) is 19.3 Å². The molecule has 3 heteroatoms. The number of carbonyl (C=O) groups is 2. The molecular weight excluding hydrogens is 288 g/mol. The molecule has 1 atom stereocenters. The Kier molecular flexibility index (Phi) is 11.5. The van der Waals surface area contributed by atoms with Gasteiger partial charge in [-0.3, -0.25) is 9.59 Å². The third kappa shape index (κ3) is 10.3. The normalized spacial score (nSPS) is 18.0. The Balaban J connectivity index is 1.82. The maximum Gasteiger partial charge on any atom is 0.317 e. The van der Waals surface area contributed by atoms with Gasteiger partial charge in [-0.05, 0) is 32.1 Å². The number of ether oxygens (including phenoxy) is 1. The summed E-state index contributed by atoms with van der Waals surface area (Å²) in [6, 6.07) is 0. The number of hydrogen-bond acceptors (Lipinski definition) is 3. The van der Waals surface area contributed by atoms with E-state index in [4.69, 9.17) is 0 Å². The van der Waals surface area contributed by atoms with Crippen LogP contribution < -0.4 is 0 Å². The van der Waals surface area contributed by atoms with Crippen molar-refractivity contribution in [2.45, 2.75) is 96.8 Å². The maximum absolute atomic E-state index is 11.3. The topological polar surface area (TPSA) is 43.4 Å². The van der Waals surface area contributed by atoms with Crippen molar-refractivity contribution in [2.24, 2.45) is 5.92 Å². The fourth-order valence-corrected chi connectivity index (χ4v) is 3.03. The second-order valence-corrected chi connectivity index (χ2v) is 6.71. The van der Waals surface area contributed by atoms with Crippen molar-refractivity contribution in [2.75, 3.05) is 0 Å². The fraction of sp³-hybridized carbons (Fsp3) is 0.800. The number of cyclic esters (lactones) is 2. The summed E-state index contributed by atoms with van der Waals surface area (Å²) in [4.78, 5) is 22.2. The first kappa shape index (κ1) is 19.9. The summed E-state index contributed by atoms with van der Waals surface area (Å²) in [6.45, 7) is 2.26. The zero-order chi connectivity index (χ0) is 16.8. The molecule has 1 fully saturated rings. The van der Waals surface area contributed by atoms with Crippen molar-refractivity contribution >= 4 is 11.9 Å². The van der Waals surface area contributed by atoms with Gasteiger partial charge in [0, 0.05) is 0 Å². The lowest BCUT2D eigenvalue weighted by Crippen LogP contribution is -2.06. The van der Waals surface area contributed by atoms with E-state index in [0.29, 0.717) is 0 Å². The molecule has 1 saturated heterocycles. The zero-order valence-electron chi connectivity index (χ0n) is 14.9. The molecule has 1 unspecified atom stereocenters.